The minimum Gasteiger partial charge on any atom is -0.380 e. The van der Waals surface area contributed by atoms with Gasteiger partial charge in [0.05, 0.1) is 6.61 Å². The fraction of sp³-hybridized carbons (Fsp3) is 0.667. The summed E-state index contributed by atoms with van der Waals surface area (Å²) in [4.78, 5) is 10.5. The van der Waals surface area contributed by atoms with E-state index in [1.165, 1.54) is 6.92 Å². The highest BCUT2D eigenvalue weighted by Gasteiger charge is 2.10. The highest BCUT2D eigenvalue weighted by Crippen LogP contribution is 2.11. The first kappa shape index (κ1) is 8.29. The van der Waals surface area contributed by atoms with Gasteiger partial charge in [-0.1, -0.05) is 5.92 Å². The van der Waals surface area contributed by atoms with Gasteiger partial charge in [0.1, 0.15) is 0 Å². The third-order valence-electron chi connectivity index (χ3n) is 1.61. The molecular formula is C9H12O2. The van der Waals surface area contributed by atoms with E-state index >= 15 is 0 Å². The Morgan fingerprint density at radius 2 is 2.45 bits per heavy atom. The van der Waals surface area contributed by atoms with Crippen LogP contribution in [0.3, 0.4) is 0 Å². The fourth-order valence-electron chi connectivity index (χ4n) is 1.06. The molecule has 2 heteroatoms. The first-order valence-electron chi connectivity index (χ1n) is 3.89. The number of hydrogen-bond acceptors (Lipinski definition) is 2. The zero-order chi connectivity index (χ0) is 8.10. The van der Waals surface area contributed by atoms with Crippen molar-refractivity contribution in [3.8, 4) is 11.8 Å². The Bertz CT molecular complexity index is 191. The van der Waals surface area contributed by atoms with Crippen LogP contribution in [0, 0.1) is 17.8 Å². The number of rotatable bonds is 0. The molecule has 0 aliphatic carbocycles. The van der Waals surface area contributed by atoms with Crippen molar-refractivity contribution in [1.82, 2.24) is 0 Å². The summed E-state index contributed by atoms with van der Waals surface area (Å²) < 4.78 is 5.20. The number of carbonyl (C=O) groups excluding carboxylic acids is 1. The average molecular weight is 152 g/mol. The van der Waals surface area contributed by atoms with Crippen LogP contribution < -0.4 is 0 Å². The zero-order valence-corrected chi connectivity index (χ0v) is 6.72. The number of ether oxygens (including phenoxy) is 1. The largest absolute Gasteiger partial charge is 0.380 e. The van der Waals surface area contributed by atoms with E-state index in [1.807, 2.05) is 0 Å². The summed E-state index contributed by atoms with van der Waals surface area (Å²) in [6.07, 6.45) is 2.14. The normalized spacial score (nSPS) is 23.5. The summed E-state index contributed by atoms with van der Waals surface area (Å²) in [6, 6.07) is 0. The van der Waals surface area contributed by atoms with Gasteiger partial charge in [0.25, 0.3) is 0 Å². The van der Waals surface area contributed by atoms with Crippen LogP contribution in [0.25, 0.3) is 0 Å². The molecule has 0 amide bonds. The first-order valence-corrected chi connectivity index (χ1v) is 3.89. The molecule has 0 spiro atoms. The minimum absolute atomic E-state index is 0.0597. The number of carbonyl (C=O) groups is 1. The lowest BCUT2D eigenvalue weighted by Crippen LogP contribution is -2.15. The van der Waals surface area contributed by atoms with Gasteiger partial charge in [-0.3, -0.25) is 4.79 Å². The second-order valence-corrected chi connectivity index (χ2v) is 2.74. The van der Waals surface area contributed by atoms with E-state index in [4.69, 9.17) is 4.74 Å². The maximum absolute atomic E-state index is 10.5. The van der Waals surface area contributed by atoms with Crippen molar-refractivity contribution >= 4 is 5.78 Å². The average Bonchev–Trinajstić information content (AvgIpc) is 2.03. The molecule has 1 unspecified atom stereocenters. The monoisotopic (exact) mass is 152 g/mol. The van der Waals surface area contributed by atoms with Crippen molar-refractivity contribution in [2.24, 2.45) is 5.92 Å². The smallest absolute Gasteiger partial charge is 0.202 e. The topological polar surface area (TPSA) is 26.3 Å². The van der Waals surface area contributed by atoms with E-state index in [0.29, 0.717) is 6.61 Å². The second-order valence-electron chi connectivity index (χ2n) is 2.74. The first-order chi connectivity index (χ1) is 5.29. The second kappa shape index (κ2) is 4.15. The molecule has 1 saturated heterocycles. The maximum Gasteiger partial charge on any atom is 0.202 e. The van der Waals surface area contributed by atoms with Crippen LogP contribution in [0.2, 0.25) is 0 Å². The van der Waals surface area contributed by atoms with Crippen LogP contribution in [0.4, 0.5) is 0 Å². The molecule has 1 aliphatic heterocycles. The Kier molecular flexibility index (Phi) is 3.13. The van der Waals surface area contributed by atoms with Gasteiger partial charge in [0, 0.05) is 19.4 Å². The van der Waals surface area contributed by atoms with Crippen LogP contribution >= 0.6 is 0 Å². The molecule has 0 saturated carbocycles. The Morgan fingerprint density at radius 1 is 1.64 bits per heavy atom. The maximum atomic E-state index is 10.5. The quantitative estimate of drug-likeness (QED) is 0.382. The molecule has 0 aromatic rings. The van der Waals surface area contributed by atoms with Gasteiger partial charge >= 0.3 is 0 Å². The number of ketones is 1. The molecule has 1 atom stereocenters. The van der Waals surface area contributed by atoms with E-state index in [-0.39, 0.29) is 11.7 Å². The highest BCUT2D eigenvalue weighted by molar-refractivity contribution is 5.93. The number of Topliss-reactive ketones (excluding diaryl/α,β-unsaturated/α-hetero) is 1. The van der Waals surface area contributed by atoms with Crippen molar-refractivity contribution in [3.63, 3.8) is 0 Å². The van der Waals surface area contributed by atoms with Crippen LogP contribution in [-0.4, -0.2) is 19.0 Å². The predicted molar refractivity (Wildman–Crippen MR) is 42.0 cm³/mol. The van der Waals surface area contributed by atoms with Gasteiger partial charge in [-0.05, 0) is 18.8 Å². The Labute approximate surface area is 66.9 Å². The van der Waals surface area contributed by atoms with Crippen LogP contribution in [0.1, 0.15) is 19.8 Å². The SMILES string of the molecule is CC(=O)C#CC1CCCOC1. The van der Waals surface area contributed by atoms with Gasteiger partial charge in [0.2, 0.25) is 5.78 Å². The van der Waals surface area contributed by atoms with E-state index in [9.17, 15) is 4.79 Å². The third kappa shape index (κ3) is 3.20. The lowest BCUT2D eigenvalue weighted by molar-refractivity contribution is -0.111. The summed E-state index contributed by atoms with van der Waals surface area (Å²) >= 11 is 0. The van der Waals surface area contributed by atoms with Crippen LogP contribution in [0.15, 0.2) is 0 Å². The van der Waals surface area contributed by atoms with E-state index in [2.05, 4.69) is 11.8 Å². The molecular weight excluding hydrogens is 140 g/mol. The van der Waals surface area contributed by atoms with Gasteiger partial charge in [0.15, 0.2) is 0 Å². The predicted octanol–water partition coefficient (Wildman–Crippen LogP) is 1.01. The summed E-state index contributed by atoms with van der Waals surface area (Å²) in [5.41, 5.74) is 0. The summed E-state index contributed by atoms with van der Waals surface area (Å²) in [5.74, 6) is 5.67. The van der Waals surface area contributed by atoms with E-state index in [1.54, 1.807) is 0 Å². The summed E-state index contributed by atoms with van der Waals surface area (Å²) in [7, 11) is 0. The molecule has 1 fully saturated rings. The molecule has 0 aromatic heterocycles. The van der Waals surface area contributed by atoms with Crippen LogP contribution in [0.5, 0.6) is 0 Å². The van der Waals surface area contributed by atoms with Gasteiger partial charge in [-0.25, -0.2) is 0 Å². The molecule has 1 aliphatic rings. The van der Waals surface area contributed by atoms with Crippen molar-refractivity contribution in [3.05, 3.63) is 0 Å². The van der Waals surface area contributed by atoms with E-state index < -0.39 is 0 Å². The molecule has 60 valence electrons. The van der Waals surface area contributed by atoms with Crippen molar-refractivity contribution in [2.75, 3.05) is 13.2 Å². The Hall–Kier alpha value is -0.810. The zero-order valence-electron chi connectivity index (χ0n) is 6.72. The molecule has 1 heterocycles. The van der Waals surface area contributed by atoms with Crippen molar-refractivity contribution in [2.45, 2.75) is 19.8 Å². The van der Waals surface area contributed by atoms with Crippen LogP contribution in [-0.2, 0) is 9.53 Å². The molecule has 2 nitrogen and oxygen atoms in total. The molecule has 1 rings (SSSR count). The fourth-order valence-corrected chi connectivity index (χ4v) is 1.06. The summed E-state index contributed by atoms with van der Waals surface area (Å²) in [5, 5.41) is 0. The van der Waals surface area contributed by atoms with Crippen molar-refractivity contribution < 1.29 is 9.53 Å². The van der Waals surface area contributed by atoms with Gasteiger partial charge < -0.3 is 4.74 Å². The Morgan fingerprint density at radius 3 is 3.00 bits per heavy atom. The number of hydrogen-bond donors (Lipinski definition) is 0. The third-order valence-corrected chi connectivity index (χ3v) is 1.61. The lowest BCUT2D eigenvalue weighted by atomic mass is 10.0. The molecule has 11 heavy (non-hydrogen) atoms. The molecule has 0 N–H and O–H groups in total. The van der Waals surface area contributed by atoms with Crippen molar-refractivity contribution in [1.29, 1.82) is 0 Å². The van der Waals surface area contributed by atoms with Gasteiger partial charge in [-0.15, -0.1) is 0 Å². The van der Waals surface area contributed by atoms with E-state index in [0.717, 1.165) is 19.4 Å². The van der Waals surface area contributed by atoms with Gasteiger partial charge in [-0.2, -0.15) is 0 Å². The lowest BCUT2D eigenvalue weighted by Gasteiger charge is -2.16. The molecule has 0 radical (unpaired) electrons. The molecule has 0 aromatic carbocycles. The minimum atomic E-state index is -0.0597. The summed E-state index contributed by atoms with van der Waals surface area (Å²) in [6.45, 7) is 3.02. The molecule has 0 bridgehead atoms. The Balaban J connectivity index is 2.36. The highest BCUT2D eigenvalue weighted by atomic mass is 16.5. The standard InChI is InChI=1S/C9H12O2/c1-8(10)4-5-9-3-2-6-11-7-9/h9H,2-3,6-7H2,1H3.